The summed E-state index contributed by atoms with van der Waals surface area (Å²) >= 11 is 11.4. The lowest BCUT2D eigenvalue weighted by atomic mass is 9.91. The van der Waals surface area contributed by atoms with E-state index in [0.29, 0.717) is 5.02 Å². The summed E-state index contributed by atoms with van der Waals surface area (Å²) in [6, 6.07) is 9.97. The van der Waals surface area contributed by atoms with E-state index in [1.807, 2.05) is 25.1 Å². The molecule has 1 aromatic heterocycles. The lowest BCUT2D eigenvalue weighted by Crippen LogP contribution is -2.33. The molecule has 0 saturated carbocycles. The van der Waals surface area contributed by atoms with Gasteiger partial charge in [0.25, 0.3) is 0 Å². The molecule has 2 N–H and O–H groups in total. The molecular formula is C13H13BrClNS. The number of rotatable bonds is 2. The van der Waals surface area contributed by atoms with E-state index in [2.05, 4.69) is 35.0 Å². The molecule has 0 radical (unpaired) electrons. The molecule has 0 aliphatic carbocycles. The lowest BCUT2D eigenvalue weighted by Gasteiger charge is -2.25. The Morgan fingerprint density at radius 2 is 2.00 bits per heavy atom. The first-order chi connectivity index (χ1) is 7.91. The van der Waals surface area contributed by atoms with Crippen molar-refractivity contribution >= 4 is 38.9 Å². The zero-order chi connectivity index (χ0) is 12.6. The molecule has 17 heavy (non-hydrogen) atoms. The summed E-state index contributed by atoms with van der Waals surface area (Å²) in [6.07, 6.45) is 0. The second-order valence-corrected chi connectivity index (χ2v) is 6.85. The van der Waals surface area contributed by atoms with Crippen LogP contribution in [0.3, 0.4) is 0 Å². The van der Waals surface area contributed by atoms with Crippen LogP contribution in [0.4, 0.5) is 0 Å². The van der Waals surface area contributed by atoms with Gasteiger partial charge in [-0.2, -0.15) is 0 Å². The van der Waals surface area contributed by atoms with E-state index in [4.69, 9.17) is 17.3 Å². The van der Waals surface area contributed by atoms with E-state index < -0.39 is 5.54 Å². The van der Waals surface area contributed by atoms with Gasteiger partial charge in [-0.1, -0.05) is 33.6 Å². The molecule has 4 heteroatoms. The van der Waals surface area contributed by atoms with E-state index in [9.17, 15) is 0 Å². The van der Waals surface area contributed by atoms with Crippen LogP contribution in [0.1, 0.15) is 22.2 Å². The van der Waals surface area contributed by atoms with Gasteiger partial charge in [0.2, 0.25) is 0 Å². The van der Waals surface area contributed by atoms with Crippen molar-refractivity contribution in [3.05, 3.63) is 55.1 Å². The first-order valence-electron chi connectivity index (χ1n) is 5.22. The predicted molar refractivity (Wildman–Crippen MR) is 78.8 cm³/mol. The van der Waals surface area contributed by atoms with Gasteiger partial charge in [-0.25, -0.2) is 0 Å². The summed E-state index contributed by atoms with van der Waals surface area (Å²) in [4.78, 5) is 2.38. The van der Waals surface area contributed by atoms with Gasteiger partial charge < -0.3 is 5.73 Å². The van der Waals surface area contributed by atoms with Crippen LogP contribution in [0.15, 0.2) is 34.8 Å². The maximum Gasteiger partial charge on any atom is 0.0745 e. The first-order valence-corrected chi connectivity index (χ1v) is 7.21. The van der Waals surface area contributed by atoms with Crippen molar-refractivity contribution in [2.45, 2.75) is 19.4 Å². The van der Waals surface area contributed by atoms with Crippen LogP contribution in [-0.4, -0.2) is 0 Å². The van der Waals surface area contributed by atoms with Crippen molar-refractivity contribution < 1.29 is 0 Å². The molecule has 90 valence electrons. The van der Waals surface area contributed by atoms with Crippen LogP contribution in [0.2, 0.25) is 5.02 Å². The monoisotopic (exact) mass is 329 g/mol. The zero-order valence-corrected chi connectivity index (χ0v) is 12.8. The Kier molecular flexibility index (Phi) is 3.64. The molecule has 2 aromatic rings. The minimum absolute atomic E-state index is 0.545. The summed E-state index contributed by atoms with van der Waals surface area (Å²) in [6.45, 7) is 4.07. The summed E-state index contributed by atoms with van der Waals surface area (Å²) in [5, 5.41) is 0.690. The normalized spacial score (nSPS) is 14.6. The fourth-order valence-corrected chi connectivity index (χ4v) is 3.57. The van der Waals surface area contributed by atoms with Gasteiger partial charge in [0.05, 0.1) is 5.54 Å². The summed E-state index contributed by atoms with van der Waals surface area (Å²) in [5.74, 6) is 0. The van der Waals surface area contributed by atoms with Gasteiger partial charge in [0, 0.05) is 19.2 Å². The van der Waals surface area contributed by atoms with Gasteiger partial charge in [0.1, 0.15) is 0 Å². The second kappa shape index (κ2) is 4.73. The SMILES string of the molecule is Cc1ccc(C(C)(N)c2ccc(Br)cc2Cl)s1. The third-order valence-electron chi connectivity index (χ3n) is 2.74. The Bertz CT molecular complexity index is 548. The van der Waals surface area contributed by atoms with E-state index in [0.717, 1.165) is 14.9 Å². The average molecular weight is 331 g/mol. The quantitative estimate of drug-likeness (QED) is 0.849. The molecule has 0 aliphatic heterocycles. The third-order valence-corrected chi connectivity index (χ3v) is 4.79. The Morgan fingerprint density at radius 3 is 2.53 bits per heavy atom. The Hall–Kier alpha value is -0.350. The first kappa shape index (κ1) is 13.1. The second-order valence-electron chi connectivity index (χ2n) is 4.24. The summed E-state index contributed by atoms with van der Waals surface area (Å²) < 4.78 is 0.962. The van der Waals surface area contributed by atoms with Crippen molar-refractivity contribution in [3.63, 3.8) is 0 Å². The molecule has 0 saturated heterocycles. The zero-order valence-electron chi connectivity index (χ0n) is 9.63. The maximum absolute atomic E-state index is 6.43. The van der Waals surface area contributed by atoms with Crippen LogP contribution in [0.5, 0.6) is 0 Å². The topological polar surface area (TPSA) is 26.0 Å². The highest BCUT2D eigenvalue weighted by Crippen LogP contribution is 2.36. The van der Waals surface area contributed by atoms with Crippen molar-refractivity contribution in [1.82, 2.24) is 0 Å². The smallest absolute Gasteiger partial charge is 0.0745 e. The highest BCUT2D eigenvalue weighted by atomic mass is 79.9. The molecule has 2 rings (SSSR count). The molecule has 0 bridgehead atoms. The van der Waals surface area contributed by atoms with Gasteiger partial charge in [-0.05, 0) is 43.7 Å². The van der Waals surface area contributed by atoms with Crippen LogP contribution in [0, 0.1) is 6.92 Å². The van der Waals surface area contributed by atoms with Crippen molar-refractivity contribution in [1.29, 1.82) is 0 Å². The molecule has 0 fully saturated rings. The van der Waals surface area contributed by atoms with Crippen LogP contribution < -0.4 is 5.73 Å². The number of benzene rings is 1. The third kappa shape index (κ3) is 2.58. The van der Waals surface area contributed by atoms with Crippen molar-refractivity contribution in [3.8, 4) is 0 Å². The average Bonchev–Trinajstić information content (AvgIpc) is 2.64. The molecular weight excluding hydrogens is 318 g/mol. The molecule has 0 spiro atoms. The summed E-state index contributed by atoms with van der Waals surface area (Å²) in [5.41, 5.74) is 6.84. The Labute approximate surface area is 119 Å². The van der Waals surface area contributed by atoms with E-state index in [1.165, 1.54) is 4.88 Å². The minimum atomic E-state index is -0.545. The largest absolute Gasteiger partial charge is 0.317 e. The molecule has 1 aromatic carbocycles. The number of hydrogen-bond donors (Lipinski definition) is 1. The highest BCUT2D eigenvalue weighted by Gasteiger charge is 2.27. The summed E-state index contributed by atoms with van der Waals surface area (Å²) in [7, 11) is 0. The molecule has 1 nitrogen and oxygen atoms in total. The van der Waals surface area contributed by atoms with Crippen LogP contribution in [0.25, 0.3) is 0 Å². The fourth-order valence-electron chi connectivity index (χ4n) is 1.76. The lowest BCUT2D eigenvalue weighted by molar-refractivity contribution is 0.617. The maximum atomic E-state index is 6.43. The molecule has 1 unspecified atom stereocenters. The van der Waals surface area contributed by atoms with Gasteiger partial charge in [-0.3, -0.25) is 0 Å². The highest BCUT2D eigenvalue weighted by molar-refractivity contribution is 9.10. The Morgan fingerprint density at radius 1 is 1.29 bits per heavy atom. The standard InChI is InChI=1S/C13H13BrClNS/c1-8-3-6-12(17-8)13(2,16)10-5-4-9(14)7-11(10)15/h3-7H,16H2,1-2H3. The fraction of sp³-hybridized carbons (Fsp3) is 0.231. The van der Waals surface area contributed by atoms with Crippen LogP contribution >= 0.6 is 38.9 Å². The number of nitrogens with two attached hydrogens (primary N) is 1. The van der Waals surface area contributed by atoms with E-state index in [-0.39, 0.29) is 0 Å². The van der Waals surface area contributed by atoms with Crippen molar-refractivity contribution in [2.75, 3.05) is 0 Å². The van der Waals surface area contributed by atoms with Gasteiger partial charge >= 0.3 is 0 Å². The Balaban J connectivity index is 2.51. The molecule has 1 atom stereocenters. The minimum Gasteiger partial charge on any atom is -0.317 e. The van der Waals surface area contributed by atoms with E-state index in [1.54, 1.807) is 11.3 Å². The van der Waals surface area contributed by atoms with Crippen molar-refractivity contribution in [2.24, 2.45) is 5.73 Å². The van der Waals surface area contributed by atoms with Crippen LogP contribution in [-0.2, 0) is 5.54 Å². The number of aryl methyl sites for hydroxylation is 1. The number of thiophene rings is 1. The number of halogens is 2. The van der Waals surface area contributed by atoms with Gasteiger partial charge in [-0.15, -0.1) is 11.3 Å². The van der Waals surface area contributed by atoms with Gasteiger partial charge in [0.15, 0.2) is 0 Å². The predicted octanol–water partition coefficient (Wildman–Crippen LogP) is 4.69. The molecule has 1 heterocycles. The number of hydrogen-bond acceptors (Lipinski definition) is 2. The molecule has 0 aliphatic rings. The van der Waals surface area contributed by atoms with E-state index >= 15 is 0 Å². The molecule has 0 amide bonds.